The Morgan fingerprint density at radius 3 is 2.53 bits per heavy atom. The van der Waals surface area contributed by atoms with Crippen molar-refractivity contribution in [3.05, 3.63) is 42.5 Å². The number of nitrogens with zero attached hydrogens (tertiary/aromatic N) is 1. The molecule has 0 N–H and O–H groups in total. The van der Waals surface area contributed by atoms with Crippen LogP contribution in [0, 0.1) is 0 Å². The number of rotatable bonds is 5. The van der Waals surface area contributed by atoms with E-state index in [2.05, 4.69) is 47.4 Å². The van der Waals surface area contributed by atoms with Gasteiger partial charge in [0.2, 0.25) is 5.91 Å². The fraction of sp³-hybridized carbons (Fsp3) is 0.583. The Hall–Kier alpha value is -1.92. The van der Waals surface area contributed by atoms with Gasteiger partial charge in [-0.05, 0) is 49.5 Å². The quantitative estimate of drug-likeness (QED) is 0.377. The lowest BCUT2D eigenvalue weighted by Gasteiger charge is -2.54. The first kappa shape index (κ1) is 22.8. The molecule has 2 aliphatic rings. The van der Waals surface area contributed by atoms with Gasteiger partial charge in [0.1, 0.15) is 5.41 Å². The van der Waals surface area contributed by atoms with Crippen LogP contribution in [0.15, 0.2) is 36.9 Å². The first-order valence-electron chi connectivity index (χ1n) is 10.7. The highest BCUT2D eigenvalue weighted by Gasteiger charge is 2.66. The highest BCUT2D eigenvalue weighted by atomic mass is 28.4. The van der Waals surface area contributed by atoms with Gasteiger partial charge in [0.05, 0.1) is 18.8 Å². The number of carbonyl (C=O) groups excluding carboxylic acids is 2. The monoisotopic (exact) mass is 429 g/mol. The van der Waals surface area contributed by atoms with Crippen LogP contribution in [0.25, 0.3) is 0 Å². The fourth-order valence-electron chi connectivity index (χ4n) is 5.03. The second-order valence-electron chi connectivity index (χ2n) is 10.3. The van der Waals surface area contributed by atoms with Crippen molar-refractivity contribution >= 4 is 25.9 Å². The highest BCUT2D eigenvalue weighted by Crippen LogP contribution is 2.56. The molecule has 0 bridgehead atoms. The predicted octanol–water partition coefficient (Wildman–Crippen LogP) is 4.96. The summed E-state index contributed by atoms with van der Waals surface area (Å²) in [7, 11) is -0.784. The first-order valence-corrected chi connectivity index (χ1v) is 13.6. The van der Waals surface area contributed by atoms with Crippen LogP contribution >= 0.6 is 0 Å². The van der Waals surface area contributed by atoms with E-state index in [1.807, 2.05) is 29.2 Å². The third-order valence-corrected chi connectivity index (χ3v) is 12.0. The smallest absolute Gasteiger partial charge is 0.318 e. The van der Waals surface area contributed by atoms with Gasteiger partial charge in [0.15, 0.2) is 8.32 Å². The Kier molecular flexibility index (Phi) is 5.57. The highest BCUT2D eigenvalue weighted by molar-refractivity contribution is 6.74. The zero-order chi connectivity index (χ0) is 22.5. The van der Waals surface area contributed by atoms with Crippen molar-refractivity contribution in [2.45, 2.75) is 82.1 Å². The van der Waals surface area contributed by atoms with E-state index < -0.39 is 25.4 Å². The molecule has 0 unspecified atom stereocenters. The average Bonchev–Trinajstić information content (AvgIpc) is 2.97. The molecule has 5 nitrogen and oxygen atoms in total. The molecule has 0 aliphatic carbocycles. The molecule has 3 rings (SSSR count). The molecule has 0 aromatic heterocycles. The summed E-state index contributed by atoms with van der Waals surface area (Å²) in [6, 6.07) is 7.20. The summed E-state index contributed by atoms with van der Waals surface area (Å²) in [6.07, 6.45) is 3.09. The van der Waals surface area contributed by atoms with E-state index in [9.17, 15) is 9.59 Å². The van der Waals surface area contributed by atoms with Crippen LogP contribution < -0.4 is 4.90 Å². The van der Waals surface area contributed by atoms with Crippen molar-refractivity contribution in [2.75, 3.05) is 12.0 Å². The molecule has 0 saturated carbocycles. The van der Waals surface area contributed by atoms with Gasteiger partial charge in [-0.15, -0.1) is 6.58 Å². The fourth-order valence-corrected chi connectivity index (χ4v) is 6.72. The molecular weight excluding hydrogens is 394 g/mol. The summed E-state index contributed by atoms with van der Waals surface area (Å²) in [5, 5.41) is 0.000113. The van der Waals surface area contributed by atoms with Crippen LogP contribution in [0.4, 0.5) is 5.69 Å². The number of carbonyl (C=O) groups is 2. The van der Waals surface area contributed by atoms with Crippen molar-refractivity contribution in [3.8, 4) is 0 Å². The largest absolute Gasteiger partial charge is 0.468 e. The summed E-state index contributed by atoms with van der Waals surface area (Å²) >= 11 is 0. The third-order valence-electron chi connectivity index (χ3n) is 7.36. The van der Waals surface area contributed by atoms with Gasteiger partial charge in [-0.2, -0.15) is 0 Å². The molecule has 1 aromatic rings. The third kappa shape index (κ3) is 3.16. The Labute approximate surface area is 181 Å². The summed E-state index contributed by atoms with van der Waals surface area (Å²) in [6.45, 7) is 17.1. The molecular formula is C24H35NO4Si. The van der Waals surface area contributed by atoms with Gasteiger partial charge in [-0.3, -0.25) is 9.59 Å². The van der Waals surface area contributed by atoms with Gasteiger partial charge in [-0.25, -0.2) is 0 Å². The van der Waals surface area contributed by atoms with Crippen LogP contribution in [0.2, 0.25) is 18.1 Å². The summed E-state index contributed by atoms with van der Waals surface area (Å²) in [5.74, 6) is -0.319. The van der Waals surface area contributed by atoms with Crippen LogP contribution in [-0.4, -0.2) is 38.9 Å². The van der Waals surface area contributed by atoms with Gasteiger partial charge >= 0.3 is 5.97 Å². The minimum atomic E-state index is -2.20. The topological polar surface area (TPSA) is 55.8 Å². The molecule has 0 spiro atoms. The SMILES string of the molecule is C=CC[C@]1(C(=O)OC)c2ccccc2N2C(=O)CC[C@](C)(O[Si](C)(C)C(C)(C)C)[C@H]21. The second-order valence-corrected chi connectivity index (χ2v) is 15.0. The molecule has 1 saturated heterocycles. The van der Waals surface area contributed by atoms with E-state index >= 15 is 0 Å². The van der Waals surface area contributed by atoms with E-state index in [-0.39, 0.29) is 16.9 Å². The van der Waals surface area contributed by atoms with E-state index in [4.69, 9.17) is 9.16 Å². The van der Waals surface area contributed by atoms with Crippen LogP contribution in [0.5, 0.6) is 0 Å². The Balaban J connectivity index is 2.27. The van der Waals surface area contributed by atoms with Crippen molar-refractivity contribution in [3.63, 3.8) is 0 Å². The second kappa shape index (κ2) is 7.34. The van der Waals surface area contributed by atoms with E-state index in [1.165, 1.54) is 7.11 Å². The number of para-hydroxylation sites is 1. The van der Waals surface area contributed by atoms with E-state index in [1.54, 1.807) is 6.08 Å². The number of allylic oxidation sites excluding steroid dienone is 1. The normalized spacial score (nSPS) is 28.7. The maximum Gasteiger partial charge on any atom is 0.318 e. The minimum Gasteiger partial charge on any atom is -0.468 e. The van der Waals surface area contributed by atoms with Gasteiger partial charge < -0.3 is 14.1 Å². The predicted molar refractivity (Wildman–Crippen MR) is 122 cm³/mol. The number of methoxy groups -OCH3 is 1. The summed E-state index contributed by atoms with van der Waals surface area (Å²) < 4.78 is 12.4. The number of anilines is 1. The van der Waals surface area contributed by atoms with Crippen LogP contribution in [0.3, 0.4) is 0 Å². The van der Waals surface area contributed by atoms with Gasteiger partial charge in [0.25, 0.3) is 0 Å². The van der Waals surface area contributed by atoms with E-state index in [0.717, 1.165) is 11.3 Å². The van der Waals surface area contributed by atoms with Gasteiger partial charge in [0, 0.05) is 12.1 Å². The van der Waals surface area contributed by atoms with Crippen LogP contribution in [-0.2, 0) is 24.2 Å². The van der Waals surface area contributed by atoms with E-state index in [0.29, 0.717) is 19.3 Å². The lowest BCUT2D eigenvalue weighted by atomic mass is 9.66. The Bertz CT molecular complexity index is 874. The maximum atomic E-state index is 13.4. The molecule has 2 heterocycles. The lowest BCUT2D eigenvalue weighted by Crippen LogP contribution is -2.68. The molecule has 1 aromatic carbocycles. The summed E-state index contributed by atoms with van der Waals surface area (Å²) in [4.78, 5) is 28.5. The van der Waals surface area contributed by atoms with Crippen molar-refractivity contribution in [1.29, 1.82) is 0 Å². The average molecular weight is 430 g/mol. The minimum absolute atomic E-state index is 0.000113. The number of amides is 1. The Morgan fingerprint density at radius 1 is 1.33 bits per heavy atom. The van der Waals surface area contributed by atoms with Crippen molar-refractivity contribution in [1.82, 2.24) is 0 Å². The Morgan fingerprint density at radius 2 is 1.97 bits per heavy atom. The van der Waals surface area contributed by atoms with Crippen molar-refractivity contribution in [2.24, 2.45) is 0 Å². The molecule has 164 valence electrons. The molecule has 1 fully saturated rings. The standard InChI is InChI=1S/C24H35NO4Si/c1-9-15-24(21(27)28-6)17-12-10-11-13-18(17)25-19(26)14-16-23(5,20(24)25)29-30(7,8)22(2,3)4/h9-13,20H,1,14-16H2,2-8H3/t20-,23-,24-/m0/s1. The van der Waals surface area contributed by atoms with Crippen molar-refractivity contribution < 1.29 is 18.8 Å². The molecule has 3 atom stereocenters. The number of ether oxygens (including phenoxy) is 1. The summed E-state index contributed by atoms with van der Waals surface area (Å²) in [5.41, 5.74) is -0.125. The number of benzene rings is 1. The van der Waals surface area contributed by atoms with Crippen LogP contribution in [0.1, 0.15) is 52.5 Å². The molecule has 30 heavy (non-hydrogen) atoms. The van der Waals surface area contributed by atoms with Gasteiger partial charge in [-0.1, -0.05) is 45.0 Å². The number of esters is 1. The zero-order valence-corrected chi connectivity index (χ0v) is 20.4. The zero-order valence-electron chi connectivity index (χ0n) is 19.4. The molecule has 0 radical (unpaired) electrons. The molecule has 6 heteroatoms. The lowest BCUT2D eigenvalue weighted by molar-refractivity contribution is -0.152. The number of fused-ring (bicyclic) bond motifs is 3. The number of hydrogen-bond donors (Lipinski definition) is 0. The molecule has 2 aliphatic heterocycles. The molecule has 1 amide bonds. The first-order chi connectivity index (χ1) is 13.9. The maximum absolute atomic E-state index is 13.4. The number of hydrogen-bond acceptors (Lipinski definition) is 4. The number of piperidine rings is 1.